The molecule has 0 amide bonds. The lowest BCUT2D eigenvalue weighted by molar-refractivity contribution is 1.29. The summed E-state index contributed by atoms with van der Waals surface area (Å²) in [4.78, 5) is 5.61. The van der Waals surface area contributed by atoms with Crippen molar-refractivity contribution in [1.82, 2.24) is 4.98 Å². The van der Waals surface area contributed by atoms with Crippen LogP contribution in [0.3, 0.4) is 0 Å². The van der Waals surface area contributed by atoms with Crippen LogP contribution in [-0.4, -0.2) is 4.98 Å². The normalized spacial score (nSPS) is 11.0. The van der Waals surface area contributed by atoms with Crippen molar-refractivity contribution in [3.8, 4) is 0 Å². The molecule has 0 saturated heterocycles. The van der Waals surface area contributed by atoms with E-state index in [1.807, 2.05) is 30.1 Å². The van der Waals surface area contributed by atoms with Crippen LogP contribution in [0.4, 0.5) is 5.69 Å². The molecular formula is C18H18N2S. The fourth-order valence-corrected chi connectivity index (χ4v) is 3.58. The van der Waals surface area contributed by atoms with E-state index in [9.17, 15) is 0 Å². The van der Waals surface area contributed by atoms with Crippen LogP contribution in [0.5, 0.6) is 0 Å². The third-order valence-electron chi connectivity index (χ3n) is 3.44. The minimum Gasteiger partial charge on any atom is -0.397 e. The zero-order valence-electron chi connectivity index (χ0n) is 12.3. The molecule has 3 rings (SSSR count). The molecule has 0 fully saturated rings. The highest BCUT2D eigenvalue weighted by atomic mass is 32.2. The van der Waals surface area contributed by atoms with E-state index in [-0.39, 0.29) is 0 Å². The summed E-state index contributed by atoms with van der Waals surface area (Å²) in [5.41, 5.74) is 11.6. The van der Waals surface area contributed by atoms with Crippen molar-refractivity contribution in [2.75, 3.05) is 5.73 Å². The molecule has 0 saturated carbocycles. The Bertz CT molecular complexity index is 776. The maximum atomic E-state index is 6.00. The van der Waals surface area contributed by atoms with Crippen LogP contribution in [0.15, 0.2) is 53.6 Å². The van der Waals surface area contributed by atoms with Crippen LogP contribution in [0.1, 0.15) is 16.7 Å². The molecule has 0 bridgehead atoms. The number of benzene rings is 2. The summed E-state index contributed by atoms with van der Waals surface area (Å²) in [6.45, 7) is 4.29. The molecule has 3 heteroatoms. The smallest absolute Gasteiger partial charge is 0.0942 e. The lowest BCUT2D eigenvalue weighted by Gasteiger charge is -2.08. The van der Waals surface area contributed by atoms with Gasteiger partial charge in [0.15, 0.2) is 0 Å². The fraction of sp³-hybridized carbons (Fsp3) is 0.167. The second kappa shape index (κ2) is 5.78. The fourth-order valence-electron chi connectivity index (χ4n) is 2.61. The third-order valence-corrected chi connectivity index (χ3v) is 4.58. The summed E-state index contributed by atoms with van der Waals surface area (Å²) >= 11 is 1.83. The summed E-state index contributed by atoms with van der Waals surface area (Å²) in [5, 5.41) is 1.13. The molecule has 2 N–H and O–H groups in total. The van der Waals surface area contributed by atoms with Gasteiger partial charge in [-0.15, -0.1) is 11.8 Å². The molecule has 2 nitrogen and oxygen atoms in total. The molecule has 21 heavy (non-hydrogen) atoms. The summed E-state index contributed by atoms with van der Waals surface area (Å²) in [6.07, 6.45) is 1.84. The first-order valence-electron chi connectivity index (χ1n) is 6.96. The largest absolute Gasteiger partial charge is 0.397 e. The minimum absolute atomic E-state index is 0.737. The number of pyridine rings is 1. The number of nitrogens with two attached hydrogens (primary N) is 1. The predicted molar refractivity (Wildman–Crippen MR) is 91.6 cm³/mol. The van der Waals surface area contributed by atoms with Gasteiger partial charge in [-0.1, -0.05) is 41.5 Å². The first-order valence-corrected chi connectivity index (χ1v) is 7.95. The number of nitrogens with zero attached hydrogens (tertiary/aromatic N) is 1. The van der Waals surface area contributed by atoms with Crippen LogP contribution in [0.2, 0.25) is 0 Å². The number of fused-ring (bicyclic) bond motifs is 1. The van der Waals surface area contributed by atoms with Crippen molar-refractivity contribution in [3.05, 3.63) is 65.4 Å². The van der Waals surface area contributed by atoms with E-state index in [0.29, 0.717) is 0 Å². The number of hydrogen-bond donors (Lipinski definition) is 1. The monoisotopic (exact) mass is 294 g/mol. The summed E-state index contributed by atoms with van der Waals surface area (Å²) in [6, 6.07) is 14.7. The van der Waals surface area contributed by atoms with Gasteiger partial charge >= 0.3 is 0 Å². The molecule has 0 aliphatic carbocycles. The number of rotatable bonds is 3. The van der Waals surface area contributed by atoms with Crippen LogP contribution in [0.25, 0.3) is 10.9 Å². The number of thioether (sulfide) groups is 1. The summed E-state index contributed by atoms with van der Waals surface area (Å²) < 4.78 is 0. The molecule has 3 aromatic rings. The Kier molecular flexibility index (Phi) is 3.84. The van der Waals surface area contributed by atoms with Gasteiger partial charge < -0.3 is 5.73 Å². The highest BCUT2D eigenvalue weighted by Crippen LogP contribution is 2.31. The molecule has 1 heterocycles. The zero-order chi connectivity index (χ0) is 14.8. The van der Waals surface area contributed by atoms with Crippen LogP contribution in [-0.2, 0) is 5.75 Å². The van der Waals surface area contributed by atoms with Crippen molar-refractivity contribution in [3.63, 3.8) is 0 Å². The van der Waals surface area contributed by atoms with E-state index in [0.717, 1.165) is 22.3 Å². The maximum Gasteiger partial charge on any atom is 0.0942 e. The van der Waals surface area contributed by atoms with Gasteiger partial charge in [-0.05, 0) is 31.5 Å². The molecule has 0 radical (unpaired) electrons. The van der Waals surface area contributed by atoms with E-state index >= 15 is 0 Å². The molecule has 1 aromatic heterocycles. The van der Waals surface area contributed by atoms with Gasteiger partial charge in [0.1, 0.15) is 0 Å². The van der Waals surface area contributed by atoms with Crippen molar-refractivity contribution in [1.29, 1.82) is 0 Å². The minimum atomic E-state index is 0.737. The Morgan fingerprint density at radius 3 is 2.57 bits per heavy atom. The average molecular weight is 294 g/mol. The van der Waals surface area contributed by atoms with Gasteiger partial charge in [0, 0.05) is 22.2 Å². The van der Waals surface area contributed by atoms with Gasteiger partial charge in [0.05, 0.1) is 11.2 Å². The van der Waals surface area contributed by atoms with E-state index in [1.165, 1.54) is 21.6 Å². The number of para-hydroxylation sites is 1. The summed E-state index contributed by atoms with van der Waals surface area (Å²) in [7, 11) is 0. The number of anilines is 1. The lowest BCUT2D eigenvalue weighted by Crippen LogP contribution is -1.91. The Balaban J connectivity index is 1.90. The van der Waals surface area contributed by atoms with E-state index in [1.54, 1.807) is 0 Å². The SMILES string of the molecule is Cc1cc(C)cc(CSc2ccnc3c(N)cccc23)c1. The van der Waals surface area contributed by atoms with Crippen molar-refractivity contribution in [2.24, 2.45) is 0 Å². The number of aryl methyl sites for hydroxylation is 2. The Labute approximate surface area is 129 Å². The quantitative estimate of drug-likeness (QED) is 0.561. The van der Waals surface area contributed by atoms with Crippen molar-refractivity contribution >= 4 is 28.4 Å². The van der Waals surface area contributed by atoms with Crippen LogP contribution in [0, 0.1) is 13.8 Å². The molecule has 0 aliphatic rings. The number of hydrogen-bond acceptors (Lipinski definition) is 3. The van der Waals surface area contributed by atoms with Gasteiger partial charge in [-0.2, -0.15) is 0 Å². The second-order valence-corrected chi connectivity index (χ2v) is 6.35. The highest BCUT2D eigenvalue weighted by molar-refractivity contribution is 7.98. The van der Waals surface area contributed by atoms with Crippen LogP contribution >= 0.6 is 11.8 Å². The van der Waals surface area contributed by atoms with Gasteiger partial charge in [0.2, 0.25) is 0 Å². The number of nitrogen functional groups attached to an aromatic ring is 1. The second-order valence-electron chi connectivity index (χ2n) is 5.34. The Morgan fingerprint density at radius 1 is 1.05 bits per heavy atom. The molecule has 0 unspecified atom stereocenters. The maximum absolute atomic E-state index is 6.00. The average Bonchev–Trinajstić information content (AvgIpc) is 2.45. The van der Waals surface area contributed by atoms with Gasteiger partial charge in [-0.25, -0.2) is 0 Å². The van der Waals surface area contributed by atoms with Gasteiger partial charge in [0.25, 0.3) is 0 Å². The van der Waals surface area contributed by atoms with Crippen molar-refractivity contribution in [2.45, 2.75) is 24.5 Å². The molecule has 0 spiro atoms. The third kappa shape index (κ3) is 3.03. The van der Waals surface area contributed by atoms with Crippen molar-refractivity contribution < 1.29 is 0 Å². The highest BCUT2D eigenvalue weighted by Gasteiger charge is 2.05. The van der Waals surface area contributed by atoms with E-state index < -0.39 is 0 Å². The molecule has 0 aliphatic heterocycles. The molecular weight excluding hydrogens is 276 g/mol. The van der Waals surface area contributed by atoms with Crippen LogP contribution < -0.4 is 5.73 Å². The summed E-state index contributed by atoms with van der Waals surface area (Å²) in [5.74, 6) is 0.955. The predicted octanol–water partition coefficient (Wildman–Crippen LogP) is 4.73. The van der Waals surface area contributed by atoms with E-state index in [4.69, 9.17) is 5.73 Å². The topological polar surface area (TPSA) is 38.9 Å². The first-order chi connectivity index (χ1) is 10.1. The standard InChI is InChI=1S/C18H18N2S/c1-12-8-13(2)10-14(9-12)11-21-17-6-7-20-18-15(17)4-3-5-16(18)19/h3-10H,11,19H2,1-2H3. The number of aromatic nitrogens is 1. The first kappa shape index (κ1) is 14.0. The Morgan fingerprint density at radius 2 is 1.81 bits per heavy atom. The molecule has 106 valence electrons. The van der Waals surface area contributed by atoms with E-state index in [2.05, 4.69) is 49.2 Å². The Hall–Kier alpha value is -2.00. The molecule has 2 aromatic carbocycles. The zero-order valence-corrected chi connectivity index (χ0v) is 13.1. The molecule has 0 atom stereocenters. The van der Waals surface area contributed by atoms with Gasteiger partial charge in [-0.3, -0.25) is 4.98 Å². The lowest BCUT2D eigenvalue weighted by atomic mass is 10.1.